The van der Waals surface area contributed by atoms with Crippen LogP contribution in [0.3, 0.4) is 0 Å². The number of para-hydroxylation sites is 2. The lowest BCUT2D eigenvalue weighted by atomic mass is 9.89. The number of nitro benzene ring substituents is 1. The summed E-state index contributed by atoms with van der Waals surface area (Å²) in [6.07, 6.45) is -0.250. The third kappa shape index (κ3) is 3.89. The molecule has 178 valence electrons. The molecule has 35 heavy (non-hydrogen) atoms. The highest BCUT2D eigenvalue weighted by molar-refractivity contribution is 6.24. The number of imide groups is 1. The average molecular weight is 473 g/mol. The van der Waals surface area contributed by atoms with Crippen molar-refractivity contribution in [1.29, 1.82) is 0 Å². The molecule has 9 nitrogen and oxygen atoms in total. The average Bonchev–Trinajstić information content (AvgIpc) is 3.39. The van der Waals surface area contributed by atoms with Gasteiger partial charge in [0, 0.05) is 6.07 Å². The fourth-order valence-electron chi connectivity index (χ4n) is 4.60. The van der Waals surface area contributed by atoms with E-state index in [1.165, 1.54) is 11.1 Å². The summed E-state index contributed by atoms with van der Waals surface area (Å²) in [4.78, 5) is 45.6. The van der Waals surface area contributed by atoms with E-state index in [-0.39, 0.29) is 5.69 Å². The lowest BCUT2D eigenvalue weighted by Crippen LogP contribution is -2.37. The molecular weight excluding hydrogens is 450 g/mol. The van der Waals surface area contributed by atoms with Crippen LogP contribution < -0.4 is 14.7 Å². The molecule has 0 spiro atoms. The number of fused-ring (bicyclic) bond motifs is 1. The van der Waals surface area contributed by atoms with Gasteiger partial charge in [-0.1, -0.05) is 37.3 Å². The molecular formula is C26H23N3O6. The van der Waals surface area contributed by atoms with Crippen molar-refractivity contribution in [3.8, 4) is 5.75 Å². The summed E-state index contributed by atoms with van der Waals surface area (Å²) >= 11 is 0. The normalized spacial score (nSPS) is 21.3. The molecule has 3 aromatic rings. The second-order valence-corrected chi connectivity index (χ2v) is 8.33. The molecule has 2 aliphatic heterocycles. The largest absolute Gasteiger partial charge is 0.494 e. The predicted molar refractivity (Wildman–Crippen MR) is 128 cm³/mol. The van der Waals surface area contributed by atoms with Gasteiger partial charge in [-0.05, 0) is 48.9 Å². The molecule has 0 unspecified atom stereocenters. The monoisotopic (exact) mass is 473 g/mol. The highest BCUT2D eigenvalue weighted by atomic mass is 16.7. The van der Waals surface area contributed by atoms with E-state index in [0.717, 1.165) is 11.3 Å². The Morgan fingerprint density at radius 1 is 0.914 bits per heavy atom. The number of rotatable bonds is 7. The Morgan fingerprint density at radius 2 is 1.60 bits per heavy atom. The van der Waals surface area contributed by atoms with Crippen LogP contribution in [0.4, 0.5) is 17.1 Å². The number of hydrogen-bond acceptors (Lipinski definition) is 7. The van der Waals surface area contributed by atoms with Crippen LogP contribution in [0.1, 0.15) is 24.9 Å². The van der Waals surface area contributed by atoms with Crippen molar-refractivity contribution in [2.45, 2.75) is 25.5 Å². The number of hydrogen-bond donors (Lipinski definition) is 0. The van der Waals surface area contributed by atoms with Gasteiger partial charge >= 0.3 is 0 Å². The highest BCUT2D eigenvalue weighted by Crippen LogP contribution is 2.49. The quantitative estimate of drug-likeness (QED) is 0.284. The molecule has 2 amide bonds. The maximum absolute atomic E-state index is 13.7. The van der Waals surface area contributed by atoms with Crippen LogP contribution in [-0.2, 0) is 14.4 Å². The smallest absolute Gasteiger partial charge is 0.274 e. The summed E-state index contributed by atoms with van der Waals surface area (Å²) in [6.45, 7) is 2.56. The number of carbonyl (C=O) groups is 2. The Morgan fingerprint density at radius 3 is 2.29 bits per heavy atom. The molecule has 0 bridgehead atoms. The molecule has 0 aliphatic carbocycles. The van der Waals surface area contributed by atoms with Crippen molar-refractivity contribution < 1.29 is 24.1 Å². The van der Waals surface area contributed by atoms with Gasteiger partial charge in [0.05, 0.1) is 28.5 Å². The van der Waals surface area contributed by atoms with Crippen LogP contribution in [-0.4, -0.2) is 29.4 Å². The second kappa shape index (κ2) is 9.19. The third-order valence-corrected chi connectivity index (χ3v) is 6.15. The Labute approximate surface area is 201 Å². The van der Waals surface area contributed by atoms with E-state index in [1.807, 2.05) is 13.0 Å². The van der Waals surface area contributed by atoms with Crippen LogP contribution in [0.25, 0.3) is 0 Å². The minimum absolute atomic E-state index is 0.140. The van der Waals surface area contributed by atoms with Gasteiger partial charge in [0.1, 0.15) is 17.7 Å². The van der Waals surface area contributed by atoms with Crippen molar-refractivity contribution in [1.82, 2.24) is 0 Å². The van der Waals surface area contributed by atoms with E-state index >= 15 is 0 Å². The van der Waals surface area contributed by atoms with Gasteiger partial charge in [-0.25, -0.2) is 9.96 Å². The fraction of sp³-hybridized carbons (Fsp3) is 0.231. The summed E-state index contributed by atoms with van der Waals surface area (Å²) < 4.78 is 5.59. The zero-order valence-corrected chi connectivity index (χ0v) is 18.9. The van der Waals surface area contributed by atoms with E-state index in [0.29, 0.717) is 29.3 Å². The summed E-state index contributed by atoms with van der Waals surface area (Å²) in [5, 5.41) is 13.3. The molecule has 0 N–H and O–H groups in total. The molecule has 3 aromatic carbocycles. The van der Waals surface area contributed by atoms with Gasteiger partial charge in [0.15, 0.2) is 6.10 Å². The zero-order valence-electron chi connectivity index (χ0n) is 18.9. The number of nitrogens with zero attached hydrogens (tertiary/aromatic N) is 3. The SMILES string of the molecule is CCCOc1ccc(N2C(=O)[C@@H]3[C@@H](c4ccccc4[N+](=O)[O-])N(c4ccccc4)O[C@H]3C2=O)cc1. The van der Waals surface area contributed by atoms with Gasteiger partial charge in [-0.3, -0.25) is 24.5 Å². The number of hydroxylamine groups is 1. The predicted octanol–water partition coefficient (Wildman–Crippen LogP) is 4.43. The Balaban J connectivity index is 1.55. The van der Waals surface area contributed by atoms with Crippen LogP contribution in [0.15, 0.2) is 78.9 Å². The van der Waals surface area contributed by atoms with E-state index in [9.17, 15) is 19.7 Å². The van der Waals surface area contributed by atoms with E-state index < -0.39 is 34.8 Å². The maximum atomic E-state index is 13.7. The van der Waals surface area contributed by atoms with Gasteiger partial charge in [0.25, 0.3) is 11.6 Å². The Hall–Kier alpha value is -4.24. The van der Waals surface area contributed by atoms with Gasteiger partial charge in [-0.15, -0.1) is 0 Å². The summed E-state index contributed by atoms with van der Waals surface area (Å²) in [5.74, 6) is -1.30. The molecule has 2 heterocycles. The topological polar surface area (TPSA) is 102 Å². The van der Waals surface area contributed by atoms with Crippen molar-refractivity contribution in [2.75, 3.05) is 16.6 Å². The van der Waals surface area contributed by atoms with Crippen LogP contribution >= 0.6 is 0 Å². The van der Waals surface area contributed by atoms with Gasteiger partial charge in [0.2, 0.25) is 5.91 Å². The number of carbonyl (C=O) groups excluding carboxylic acids is 2. The molecule has 0 aromatic heterocycles. The van der Waals surface area contributed by atoms with Gasteiger partial charge in [-0.2, -0.15) is 0 Å². The highest BCUT2D eigenvalue weighted by Gasteiger charge is 2.61. The fourth-order valence-corrected chi connectivity index (χ4v) is 4.60. The summed E-state index contributed by atoms with van der Waals surface area (Å²) in [5.41, 5.74) is 1.16. The molecule has 0 saturated carbocycles. The zero-order chi connectivity index (χ0) is 24.5. The minimum atomic E-state index is -1.11. The lowest BCUT2D eigenvalue weighted by Gasteiger charge is -2.28. The number of nitro groups is 1. The first-order valence-corrected chi connectivity index (χ1v) is 11.4. The number of anilines is 2. The molecule has 5 rings (SSSR count). The Kier molecular flexibility index (Phi) is 5.92. The molecule has 3 atom stereocenters. The Bertz CT molecular complexity index is 1260. The van der Waals surface area contributed by atoms with Crippen molar-refractivity contribution in [2.24, 2.45) is 5.92 Å². The molecule has 2 saturated heterocycles. The maximum Gasteiger partial charge on any atom is 0.274 e. The van der Waals surface area contributed by atoms with E-state index in [1.54, 1.807) is 66.7 Å². The minimum Gasteiger partial charge on any atom is -0.494 e. The third-order valence-electron chi connectivity index (χ3n) is 6.15. The molecule has 2 fully saturated rings. The van der Waals surface area contributed by atoms with E-state index in [2.05, 4.69) is 0 Å². The summed E-state index contributed by atoms with van der Waals surface area (Å²) in [6, 6.07) is 21.0. The molecule has 9 heteroatoms. The number of amides is 2. The first-order valence-electron chi connectivity index (χ1n) is 11.4. The second-order valence-electron chi connectivity index (χ2n) is 8.33. The van der Waals surface area contributed by atoms with Crippen LogP contribution in [0.2, 0.25) is 0 Å². The number of benzene rings is 3. The lowest BCUT2D eigenvalue weighted by molar-refractivity contribution is -0.385. The number of ether oxygens (including phenoxy) is 1. The molecule has 0 radical (unpaired) electrons. The van der Waals surface area contributed by atoms with Crippen LogP contribution in [0.5, 0.6) is 5.75 Å². The molecule has 2 aliphatic rings. The van der Waals surface area contributed by atoms with Crippen molar-refractivity contribution >= 4 is 28.9 Å². The van der Waals surface area contributed by atoms with Crippen LogP contribution in [0, 0.1) is 16.0 Å². The van der Waals surface area contributed by atoms with E-state index in [4.69, 9.17) is 9.57 Å². The first-order chi connectivity index (χ1) is 17.0. The van der Waals surface area contributed by atoms with Gasteiger partial charge < -0.3 is 4.74 Å². The summed E-state index contributed by atoms with van der Waals surface area (Å²) in [7, 11) is 0. The van der Waals surface area contributed by atoms with Crippen molar-refractivity contribution in [3.63, 3.8) is 0 Å². The standard InChI is InChI=1S/C26H23N3O6/c1-2-16-34-19-14-12-17(13-15-19)27-25(30)22-23(20-10-6-7-11-21(20)29(32)33)28(35-24(22)26(27)31)18-8-4-3-5-9-18/h3-15,22-24H,2,16H2,1H3/t22-,23-,24-/m1/s1. The van der Waals surface area contributed by atoms with Crippen molar-refractivity contribution in [3.05, 3.63) is 94.5 Å². The first kappa shape index (κ1) is 22.5.